The number of ether oxygens (including phenoxy) is 1. The van der Waals surface area contributed by atoms with Crippen LogP contribution in [-0.2, 0) is 11.8 Å². The number of benzene rings is 2. The third-order valence-corrected chi connectivity index (χ3v) is 4.78. The fourth-order valence-corrected chi connectivity index (χ4v) is 3.19. The number of nitrogens with zero attached hydrogens (tertiary/aromatic N) is 2. The molecule has 1 heterocycles. The van der Waals surface area contributed by atoms with Crippen LogP contribution in [-0.4, -0.2) is 34.5 Å². The van der Waals surface area contributed by atoms with E-state index in [-0.39, 0.29) is 24.3 Å². The summed E-state index contributed by atoms with van der Waals surface area (Å²) in [6.07, 6.45) is 3.68. The zero-order chi connectivity index (χ0) is 21.5. The van der Waals surface area contributed by atoms with Crippen molar-refractivity contribution >= 4 is 11.8 Å². The van der Waals surface area contributed by atoms with E-state index in [4.69, 9.17) is 4.74 Å². The van der Waals surface area contributed by atoms with Crippen molar-refractivity contribution < 1.29 is 14.3 Å². The Hall–Kier alpha value is -3.61. The fourth-order valence-electron chi connectivity index (χ4n) is 3.19. The summed E-state index contributed by atoms with van der Waals surface area (Å²) in [7, 11) is 3.49. The van der Waals surface area contributed by atoms with Crippen molar-refractivity contribution in [1.82, 2.24) is 20.2 Å². The summed E-state index contributed by atoms with van der Waals surface area (Å²) in [5.74, 6) is 1.07. The molecule has 3 aromatic rings. The zero-order valence-corrected chi connectivity index (χ0v) is 17.3. The molecule has 2 aromatic carbocycles. The van der Waals surface area contributed by atoms with Crippen molar-refractivity contribution in [3.63, 3.8) is 0 Å². The molecule has 0 fully saturated rings. The second kappa shape index (κ2) is 9.73. The van der Waals surface area contributed by atoms with Crippen LogP contribution in [0.2, 0.25) is 0 Å². The number of nitrogens with one attached hydrogen (secondary N) is 2. The Morgan fingerprint density at radius 3 is 2.37 bits per heavy atom. The lowest BCUT2D eigenvalue weighted by molar-refractivity contribution is -0.122. The van der Waals surface area contributed by atoms with Crippen LogP contribution in [0, 0.1) is 0 Å². The molecule has 0 aliphatic carbocycles. The number of carbonyl (C=O) groups is 2. The van der Waals surface area contributed by atoms with E-state index in [9.17, 15) is 9.59 Å². The third-order valence-electron chi connectivity index (χ3n) is 4.78. The van der Waals surface area contributed by atoms with Gasteiger partial charge < -0.3 is 19.9 Å². The highest BCUT2D eigenvalue weighted by atomic mass is 16.5. The van der Waals surface area contributed by atoms with Gasteiger partial charge in [0, 0.05) is 37.5 Å². The van der Waals surface area contributed by atoms with Gasteiger partial charge in [-0.05, 0) is 36.8 Å². The van der Waals surface area contributed by atoms with Gasteiger partial charge in [-0.1, -0.05) is 30.3 Å². The van der Waals surface area contributed by atoms with Gasteiger partial charge in [0.1, 0.15) is 17.6 Å². The predicted molar refractivity (Wildman–Crippen MR) is 114 cm³/mol. The first kappa shape index (κ1) is 21.1. The van der Waals surface area contributed by atoms with Crippen LogP contribution in [0.25, 0.3) is 0 Å². The molecule has 2 N–H and O–H groups in total. The highest BCUT2D eigenvalue weighted by Gasteiger charge is 2.22. The fraction of sp³-hybridized carbons (Fsp3) is 0.261. The number of imidazole rings is 1. The van der Waals surface area contributed by atoms with E-state index in [0.29, 0.717) is 5.56 Å². The second-order valence-corrected chi connectivity index (χ2v) is 7.11. The first-order chi connectivity index (χ1) is 14.5. The molecule has 7 nitrogen and oxygen atoms in total. The van der Waals surface area contributed by atoms with Gasteiger partial charge >= 0.3 is 0 Å². The Balaban J connectivity index is 1.68. The summed E-state index contributed by atoms with van der Waals surface area (Å²) in [5, 5.41) is 5.91. The van der Waals surface area contributed by atoms with Crippen molar-refractivity contribution in [3.8, 4) is 5.75 Å². The molecule has 156 valence electrons. The molecule has 0 spiro atoms. The van der Waals surface area contributed by atoms with E-state index >= 15 is 0 Å². The Kier molecular flexibility index (Phi) is 6.85. The topological polar surface area (TPSA) is 85.2 Å². The molecule has 2 unspecified atom stereocenters. The molecule has 2 atom stereocenters. The highest BCUT2D eigenvalue weighted by molar-refractivity contribution is 5.94. The SMILES string of the molecule is COc1ccc(C(NC(=O)CC(C)NC(=O)c2ccccc2)c2nccn2C)cc1. The van der Waals surface area contributed by atoms with Crippen LogP contribution in [0.4, 0.5) is 0 Å². The lowest BCUT2D eigenvalue weighted by Gasteiger charge is -2.21. The van der Waals surface area contributed by atoms with E-state index in [1.807, 2.05) is 55.1 Å². The summed E-state index contributed by atoms with van der Waals surface area (Å²) in [5.41, 5.74) is 1.45. The minimum Gasteiger partial charge on any atom is -0.497 e. The molecule has 0 aliphatic rings. The monoisotopic (exact) mass is 406 g/mol. The largest absolute Gasteiger partial charge is 0.497 e. The molecule has 0 saturated heterocycles. The molecule has 0 aliphatic heterocycles. The van der Waals surface area contributed by atoms with E-state index in [1.54, 1.807) is 37.6 Å². The summed E-state index contributed by atoms with van der Waals surface area (Å²) in [4.78, 5) is 29.5. The van der Waals surface area contributed by atoms with Crippen molar-refractivity contribution in [1.29, 1.82) is 0 Å². The van der Waals surface area contributed by atoms with E-state index in [1.165, 1.54) is 0 Å². The molecular formula is C23H26N4O3. The van der Waals surface area contributed by atoms with Crippen molar-refractivity contribution in [3.05, 3.63) is 83.9 Å². The van der Waals surface area contributed by atoms with E-state index in [2.05, 4.69) is 15.6 Å². The first-order valence-corrected chi connectivity index (χ1v) is 9.74. The minimum atomic E-state index is -0.416. The molecule has 1 aromatic heterocycles. The van der Waals surface area contributed by atoms with Gasteiger partial charge in [-0.2, -0.15) is 0 Å². The number of aromatic nitrogens is 2. The quantitative estimate of drug-likeness (QED) is 0.602. The van der Waals surface area contributed by atoms with Gasteiger partial charge in [0.05, 0.1) is 7.11 Å². The number of hydrogen-bond acceptors (Lipinski definition) is 4. The number of amides is 2. The Bertz CT molecular complexity index is 983. The van der Waals surface area contributed by atoms with Crippen LogP contribution in [0.1, 0.15) is 41.1 Å². The molecule has 0 saturated carbocycles. The summed E-state index contributed by atoms with van der Waals surface area (Å²) in [6, 6.07) is 15.7. The van der Waals surface area contributed by atoms with Gasteiger partial charge in [-0.3, -0.25) is 9.59 Å². The molecule has 3 rings (SSSR count). The normalized spacial score (nSPS) is 12.6. The summed E-state index contributed by atoms with van der Waals surface area (Å²) in [6.45, 7) is 1.81. The van der Waals surface area contributed by atoms with Crippen LogP contribution in [0.15, 0.2) is 67.0 Å². The van der Waals surface area contributed by atoms with Gasteiger partial charge in [-0.15, -0.1) is 0 Å². The number of hydrogen-bond donors (Lipinski definition) is 2. The average molecular weight is 406 g/mol. The number of rotatable bonds is 8. The van der Waals surface area contributed by atoms with Crippen molar-refractivity contribution in [2.24, 2.45) is 7.05 Å². The number of aryl methyl sites for hydroxylation is 1. The van der Waals surface area contributed by atoms with Crippen molar-refractivity contribution in [2.75, 3.05) is 7.11 Å². The average Bonchev–Trinajstić information content (AvgIpc) is 3.18. The molecule has 0 radical (unpaired) electrons. The molecule has 30 heavy (non-hydrogen) atoms. The Morgan fingerprint density at radius 1 is 1.07 bits per heavy atom. The zero-order valence-electron chi connectivity index (χ0n) is 17.3. The molecule has 0 bridgehead atoms. The summed E-state index contributed by atoms with van der Waals surface area (Å²) >= 11 is 0. The smallest absolute Gasteiger partial charge is 0.251 e. The maximum absolute atomic E-state index is 12.8. The Labute approximate surface area is 176 Å². The van der Waals surface area contributed by atoms with Gasteiger partial charge in [0.2, 0.25) is 5.91 Å². The molecular weight excluding hydrogens is 380 g/mol. The highest BCUT2D eigenvalue weighted by Crippen LogP contribution is 2.23. The maximum atomic E-state index is 12.8. The Morgan fingerprint density at radius 2 is 1.77 bits per heavy atom. The lowest BCUT2D eigenvalue weighted by atomic mass is 10.0. The second-order valence-electron chi connectivity index (χ2n) is 7.11. The predicted octanol–water partition coefficient (Wildman–Crippen LogP) is 2.84. The van der Waals surface area contributed by atoms with Crippen LogP contribution < -0.4 is 15.4 Å². The number of methoxy groups -OCH3 is 1. The molecule has 2 amide bonds. The van der Waals surface area contributed by atoms with Gasteiger partial charge in [0.15, 0.2) is 0 Å². The molecule has 7 heteroatoms. The van der Waals surface area contributed by atoms with E-state index < -0.39 is 6.04 Å². The van der Waals surface area contributed by atoms with Gasteiger partial charge in [-0.25, -0.2) is 4.98 Å². The standard InChI is InChI=1S/C23H26N4O3/c1-16(25-23(29)18-7-5-4-6-8-18)15-20(28)26-21(22-24-13-14-27(22)2)17-9-11-19(30-3)12-10-17/h4-14,16,21H,15H2,1-3H3,(H,25,29)(H,26,28). The van der Waals surface area contributed by atoms with E-state index in [0.717, 1.165) is 17.1 Å². The maximum Gasteiger partial charge on any atom is 0.251 e. The third kappa shape index (κ3) is 5.26. The lowest BCUT2D eigenvalue weighted by Crippen LogP contribution is -2.39. The first-order valence-electron chi connectivity index (χ1n) is 9.74. The van der Waals surface area contributed by atoms with Gasteiger partial charge in [0.25, 0.3) is 5.91 Å². The van der Waals surface area contributed by atoms with Crippen LogP contribution in [0.5, 0.6) is 5.75 Å². The van der Waals surface area contributed by atoms with Crippen molar-refractivity contribution in [2.45, 2.75) is 25.4 Å². The van der Waals surface area contributed by atoms with Crippen LogP contribution >= 0.6 is 0 Å². The number of carbonyl (C=O) groups excluding carboxylic acids is 2. The minimum absolute atomic E-state index is 0.148. The summed E-state index contributed by atoms with van der Waals surface area (Å²) < 4.78 is 7.09. The van der Waals surface area contributed by atoms with Crippen LogP contribution in [0.3, 0.4) is 0 Å².